The third-order valence-electron chi connectivity index (χ3n) is 10.0. The molecule has 16 nitrogen and oxygen atoms in total. The Balaban J connectivity index is -0.00000108. The van der Waals surface area contributed by atoms with Gasteiger partial charge in [0.25, 0.3) is 0 Å². The number of carbonyl (C=O) groups is 2. The summed E-state index contributed by atoms with van der Waals surface area (Å²) in [6.07, 6.45) is 4.99. The summed E-state index contributed by atoms with van der Waals surface area (Å²) in [5, 5.41) is 6.19. The van der Waals surface area contributed by atoms with Crippen molar-refractivity contribution in [2.45, 2.75) is 111 Å². The number of nitrogens with two attached hydrogens (primary N) is 1. The number of anilines is 2. The van der Waals surface area contributed by atoms with E-state index in [1.165, 1.54) is 34.1 Å². The first-order chi connectivity index (χ1) is 41.4. The van der Waals surface area contributed by atoms with Crippen molar-refractivity contribution < 1.29 is 86.0 Å². The zero-order valence-electron chi connectivity index (χ0n) is 49.1. The molecule has 0 saturated heterocycles. The minimum Gasteiger partial charge on any atom is -0.399 e. The Bertz CT molecular complexity index is 3160. The molecule has 2 unspecified atom stereocenters. The number of carbonyl (C=O) groups excluding carboxylic acids is 2. The maximum atomic E-state index is 12.0. The minimum absolute atomic E-state index is 0. The molecule has 0 aromatic heterocycles. The first-order valence-electron chi connectivity index (χ1n) is 26.4. The Hall–Kier alpha value is -6.63. The average Bonchev–Trinajstić information content (AvgIpc) is 0.876. The molecular weight excluding hydrogens is 1350 g/mol. The molecular formula is C58H72B2F9InN4O12S3. The van der Waals surface area contributed by atoms with Gasteiger partial charge in [0.05, 0.1) is 0 Å². The molecule has 89 heavy (non-hydrogen) atoms. The predicted molar refractivity (Wildman–Crippen MR) is 334 cm³/mol. The Labute approximate surface area is 528 Å². The molecule has 2 atom stereocenters. The predicted octanol–water partition coefficient (Wildman–Crippen LogP) is 14.7. The number of nitrogen functional groups attached to an aromatic ring is 1. The van der Waals surface area contributed by atoms with E-state index >= 15 is 0 Å². The van der Waals surface area contributed by atoms with Crippen LogP contribution in [0.5, 0.6) is 0 Å². The van der Waals surface area contributed by atoms with Gasteiger partial charge in [0.2, 0.25) is 7.85 Å². The van der Waals surface area contributed by atoms with Gasteiger partial charge in [-0.1, -0.05) is 154 Å². The third-order valence-corrected chi connectivity index (χ3v) is 23.5. The Kier molecular flexibility index (Phi) is 43.5. The molecule has 7 rings (SSSR count). The van der Waals surface area contributed by atoms with Gasteiger partial charge in [-0.05, 0) is 23.3 Å². The number of aliphatic imine (C=N–C) groups is 1. The summed E-state index contributed by atoms with van der Waals surface area (Å²) in [6.45, 7) is 20.6. The number of benzene rings is 6. The maximum absolute atomic E-state index is 12.0. The second-order valence-corrected chi connectivity index (χ2v) is 27.0. The molecule has 0 bridgehead atoms. The molecule has 1 aliphatic rings. The molecule has 0 fully saturated rings. The van der Waals surface area contributed by atoms with Crippen molar-refractivity contribution in [1.29, 1.82) is 0 Å². The number of nitrogens with zero attached hydrogens (tertiary/aromatic N) is 1. The fraction of sp³-hybridized carbons (Fsp3) is 0.293. The molecule has 1 aliphatic heterocycles. The Morgan fingerprint density at radius 2 is 1.02 bits per heavy atom. The Morgan fingerprint density at radius 1 is 0.640 bits per heavy atom. The van der Waals surface area contributed by atoms with Gasteiger partial charge in [0, 0.05) is 17.8 Å². The van der Waals surface area contributed by atoms with Gasteiger partial charge in [0.1, 0.15) is 6.29 Å². The molecule has 6 aromatic rings. The van der Waals surface area contributed by atoms with Crippen LogP contribution in [-0.2, 0) is 55.1 Å². The van der Waals surface area contributed by atoms with E-state index in [1.807, 2.05) is 122 Å². The summed E-state index contributed by atoms with van der Waals surface area (Å²) in [7, 11) is -15.5. The van der Waals surface area contributed by atoms with Gasteiger partial charge in [0.15, 0.2) is 5.81 Å². The van der Waals surface area contributed by atoms with Crippen molar-refractivity contribution in [3.63, 3.8) is 0 Å². The standard InChI is InChI=1S/C23H21BN2O.C8H9BN2O.C8H8.C7H6O.4C2H6.3CHF3O3S.CH4.In/c27-24-16-25-15-17-11-12-22-21(13-17)20(18-7-3-1-4-8-18)14-23(26-22)19-9-5-2-6-10-19;9-8(12)11-5-6-1-3-7(10)4-2-6;1-2-8-6-4-3-5-7-8;8-6-7-4-2-1-3-5-7;4*1-2;3*2-1(3,4)8(5,6)7;;/h1-13,16,20,23,26H,14-15H2;1-4H,5,10H2,(H,11,12);2-7H,1H2;1-6H;4*1-2H3;3*(H,5,6,7);1H4;/q;;;;;;;;;;;;+3/p-3. The quantitative estimate of drug-likeness (QED) is 0.0216. The number of fused-ring (bicyclic) bond motifs is 1. The van der Waals surface area contributed by atoms with E-state index in [0.29, 0.717) is 24.7 Å². The molecule has 0 spiro atoms. The number of hydrogen-bond donors (Lipinski definition) is 3. The van der Waals surface area contributed by atoms with Crippen LogP contribution in [0.4, 0.5) is 55.7 Å². The summed E-state index contributed by atoms with van der Waals surface area (Å²) in [6, 6.07) is 54.4. The van der Waals surface area contributed by atoms with Gasteiger partial charge < -0.3 is 11.1 Å². The van der Waals surface area contributed by atoms with E-state index in [1.54, 1.807) is 24.3 Å². The number of hydrogen-bond acceptors (Lipinski definition) is 15. The molecule has 0 saturated carbocycles. The molecule has 0 aliphatic carbocycles. The van der Waals surface area contributed by atoms with Crippen LogP contribution in [0, 0.1) is 0 Å². The summed E-state index contributed by atoms with van der Waals surface area (Å²) < 4.78 is 190. The van der Waals surface area contributed by atoms with E-state index in [-0.39, 0.29) is 13.5 Å². The van der Waals surface area contributed by atoms with Gasteiger partial charge in [-0.25, -0.2) is 0 Å². The topological polar surface area (TPSA) is 244 Å². The van der Waals surface area contributed by atoms with Crippen molar-refractivity contribution in [3.05, 3.63) is 209 Å². The monoisotopic (exact) mass is 1420 g/mol. The Morgan fingerprint density at radius 3 is 1.37 bits per heavy atom. The maximum Gasteiger partial charge on any atom is 0.200 e. The van der Waals surface area contributed by atoms with Gasteiger partial charge in [-0.15, -0.1) is 0 Å². The number of nitrogens with one attached hydrogen (secondary N) is 2. The SMILES string of the molecule is C.C=Cc1ccccc1.CC.CC.CC.CC.O=BC=NCc1ccc2c(c1)C(c1ccccc1)CC(c1ccccc1)N2.O=Cc1ccccc1.O=S(=O)([O][In]([O]S(=O)(=O)C(F)(F)F)[O]S(=O)(=O)C(F)(F)F)C(F)(F)F.[B]C(=O)NCc1ccc(N)cc1. The van der Waals surface area contributed by atoms with Gasteiger partial charge >= 0.3 is 295 Å². The number of aldehydes is 1. The van der Waals surface area contributed by atoms with Crippen LogP contribution in [0.1, 0.15) is 125 Å². The van der Waals surface area contributed by atoms with E-state index < -0.39 is 75.4 Å². The number of alkyl halides is 9. The van der Waals surface area contributed by atoms with Crippen molar-refractivity contribution in [2.75, 3.05) is 11.1 Å². The van der Waals surface area contributed by atoms with Crippen molar-refractivity contribution >= 4 is 104 Å². The summed E-state index contributed by atoms with van der Waals surface area (Å²) in [5.74, 6) is -0.200. The normalized spacial score (nSPS) is 13.0. The first kappa shape index (κ1) is 86.6. The third kappa shape index (κ3) is 33.1. The van der Waals surface area contributed by atoms with E-state index in [4.69, 9.17) is 13.6 Å². The van der Waals surface area contributed by atoms with Crippen LogP contribution in [0.15, 0.2) is 175 Å². The zero-order chi connectivity index (χ0) is 67.8. The summed E-state index contributed by atoms with van der Waals surface area (Å²) >= 11 is -7.19. The van der Waals surface area contributed by atoms with E-state index in [2.05, 4.69) is 108 Å². The number of halogens is 9. The number of rotatable bonds is 15. The van der Waals surface area contributed by atoms with Crippen LogP contribution in [-0.4, -0.2) is 97.7 Å². The van der Waals surface area contributed by atoms with Crippen molar-refractivity contribution in [1.82, 2.24) is 5.32 Å². The molecule has 4 N–H and O–H groups in total. The van der Waals surface area contributed by atoms with Crippen LogP contribution in [0.3, 0.4) is 0 Å². The molecule has 486 valence electrons. The molecule has 1 heterocycles. The zero-order valence-corrected chi connectivity index (χ0v) is 54.8. The summed E-state index contributed by atoms with van der Waals surface area (Å²) in [4.78, 5) is 24.5. The summed E-state index contributed by atoms with van der Waals surface area (Å²) in [5.41, 5.74) is -4.14. The van der Waals surface area contributed by atoms with E-state index in [9.17, 15) is 79.1 Å². The van der Waals surface area contributed by atoms with Crippen LogP contribution in [0.2, 0.25) is 0 Å². The molecule has 2 radical (unpaired) electrons. The van der Waals surface area contributed by atoms with Gasteiger partial charge in [-0.3, -0.25) is 9.59 Å². The molecule has 31 heteroatoms. The number of amides is 1. The van der Waals surface area contributed by atoms with Crippen LogP contribution < -0.4 is 16.4 Å². The minimum atomic E-state index is -7.19. The van der Waals surface area contributed by atoms with Crippen molar-refractivity contribution in [3.8, 4) is 0 Å². The fourth-order valence-corrected chi connectivity index (χ4v) is 18.2. The second-order valence-electron chi connectivity index (χ2n) is 15.7. The van der Waals surface area contributed by atoms with Crippen molar-refractivity contribution in [2.24, 2.45) is 4.99 Å². The van der Waals surface area contributed by atoms with Gasteiger partial charge in [-0.2, -0.15) is 0 Å². The average molecular weight is 1420 g/mol. The van der Waals surface area contributed by atoms with Crippen LogP contribution >= 0.6 is 0 Å². The smallest absolute Gasteiger partial charge is 0.200 e. The van der Waals surface area contributed by atoms with Crippen LogP contribution in [0.25, 0.3) is 6.08 Å². The molecule has 6 aromatic carbocycles. The fourth-order valence-electron chi connectivity index (χ4n) is 6.31. The van der Waals surface area contributed by atoms with E-state index in [0.717, 1.165) is 36.5 Å². The first-order valence-corrected chi connectivity index (χ1v) is 34.7. The largest absolute Gasteiger partial charge is 0.399 e. The molecule has 1 amide bonds. The second kappa shape index (κ2) is 44.8.